The molecule has 0 spiro atoms. The first-order valence-corrected chi connectivity index (χ1v) is 6.61. The molecule has 0 radical (unpaired) electrons. The minimum atomic E-state index is -0.0607. The molecule has 1 aliphatic heterocycles. The van der Waals surface area contributed by atoms with Crippen LogP contribution in [0.4, 0.5) is 0 Å². The molecule has 0 aromatic heterocycles. The van der Waals surface area contributed by atoms with E-state index in [4.69, 9.17) is 16.3 Å². The first-order valence-electron chi connectivity index (χ1n) is 6.23. The third-order valence-electron chi connectivity index (χ3n) is 3.54. The summed E-state index contributed by atoms with van der Waals surface area (Å²) in [6, 6.07) is 5.52. The highest BCUT2D eigenvalue weighted by atomic mass is 35.5. The highest BCUT2D eigenvalue weighted by molar-refractivity contribution is 6.31. The first kappa shape index (κ1) is 13.4. The quantitative estimate of drug-likeness (QED) is 0.915. The van der Waals surface area contributed by atoms with E-state index in [0.717, 1.165) is 25.2 Å². The Bertz CT molecular complexity index is 441. The van der Waals surface area contributed by atoms with Gasteiger partial charge in [0, 0.05) is 29.2 Å². The lowest BCUT2D eigenvalue weighted by Crippen LogP contribution is -2.38. The van der Waals surface area contributed by atoms with E-state index < -0.39 is 0 Å². The molecule has 2 rings (SSSR count). The van der Waals surface area contributed by atoms with Crippen LogP contribution in [0.3, 0.4) is 0 Å². The molecule has 1 amide bonds. The van der Waals surface area contributed by atoms with Crippen molar-refractivity contribution in [2.75, 3.05) is 13.2 Å². The molecule has 1 aliphatic rings. The van der Waals surface area contributed by atoms with Crippen LogP contribution in [0.15, 0.2) is 18.2 Å². The monoisotopic (exact) mass is 267 g/mol. The molecule has 1 aromatic rings. The lowest BCUT2D eigenvalue weighted by Gasteiger charge is -2.20. The number of carbonyl (C=O) groups excluding carboxylic acids is 1. The zero-order valence-corrected chi connectivity index (χ0v) is 11.5. The van der Waals surface area contributed by atoms with Crippen LogP contribution in [0.2, 0.25) is 5.02 Å². The summed E-state index contributed by atoms with van der Waals surface area (Å²) in [6.45, 7) is 5.41. The lowest BCUT2D eigenvalue weighted by atomic mass is 10.00. The highest BCUT2D eigenvalue weighted by Gasteiger charge is 2.24. The van der Waals surface area contributed by atoms with Crippen LogP contribution in [0.25, 0.3) is 0 Å². The number of amides is 1. The Morgan fingerprint density at radius 2 is 2.33 bits per heavy atom. The predicted octanol–water partition coefficient (Wildman–Crippen LogP) is 2.80. The van der Waals surface area contributed by atoms with Gasteiger partial charge >= 0.3 is 0 Å². The minimum Gasteiger partial charge on any atom is -0.381 e. The molecule has 2 atom stereocenters. The molecule has 1 heterocycles. The first-order chi connectivity index (χ1) is 8.59. The van der Waals surface area contributed by atoms with Crippen LogP contribution in [-0.2, 0) is 4.74 Å². The van der Waals surface area contributed by atoms with Gasteiger partial charge in [0.05, 0.1) is 6.61 Å². The summed E-state index contributed by atoms with van der Waals surface area (Å²) in [5.74, 6) is 0.350. The Balaban J connectivity index is 2.05. The molecule has 0 saturated carbocycles. The van der Waals surface area contributed by atoms with Crippen LogP contribution < -0.4 is 5.32 Å². The third kappa shape index (κ3) is 2.85. The van der Waals surface area contributed by atoms with Gasteiger partial charge in [0.2, 0.25) is 0 Å². The second kappa shape index (κ2) is 5.72. The molecular weight excluding hydrogens is 250 g/mol. The molecule has 1 N–H and O–H groups in total. The number of nitrogens with one attached hydrogen (secondary N) is 1. The summed E-state index contributed by atoms with van der Waals surface area (Å²) in [5.41, 5.74) is 1.47. The van der Waals surface area contributed by atoms with Crippen molar-refractivity contribution in [3.05, 3.63) is 34.3 Å². The maximum atomic E-state index is 12.2. The number of rotatable bonds is 3. The fourth-order valence-corrected chi connectivity index (χ4v) is 2.38. The molecule has 0 aliphatic carbocycles. The summed E-state index contributed by atoms with van der Waals surface area (Å²) in [6.07, 6.45) is 1.01. The molecule has 4 heteroatoms. The van der Waals surface area contributed by atoms with E-state index in [1.54, 1.807) is 18.2 Å². The van der Waals surface area contributed by atoms with Crippen molar-refractivity contribution in [1.82, 2.24) is 5.32 Å². The van der Waals surface area contributed by atoms with E-state index in [2.05, 4.69) is 5.32 Å². The van der Waals surface area contributed by atoms with E-state index in [-0.39, 0.29) is 11.9 Å². The van der Waals surface area contributed by atoms with Crippen molar-refractivity contribution in [2.24, 2.45) is 5.92 Å². The van der Waals surface area contributed by atoms with Gasteiger partial charge < -0.3 is 10.1 Å². The number of benzene rings is 1. The molecule has 0 bridgehead atoms. The third-order valence-corrected chi connectivity index (χ3v) is 3.95. The van der Waals surface area contributed by atoms with Gasteiger partial charge in [-0.15, -0.1) is 0 Å². The van der Waals surface area contributed by atoms with E-state index >= 15 is 0 Å². The number of hydrogen-bond acceptors (Lipinski definition) is 2. The summed E-state index contributed by atoms with van der Waals surface area (Å²) in [4.78, 5) is 12.2. The molecule has 98 valence electrons. The summed E-state index contributed by atoms with van der Waals surface area (Å²) >= 11 is 6.02. The van der Waals surface area contributed by atoms with E-state index in [0.29, 0.717) is 16.5 Å². The smallest absolute Gasteiger partial charge is 0.251 e. The summed E-state index contributed by atoms with van der Waals surface area (Å²) < 4.78 is 5.34. The Labute approximate surface area is 112 Å². The lowest BCUT2D eigenvalue weighted by molar-refractivity contribution is 0.0921. The van der Waals surface area contributed by atoms with Gasteiger partial charge in [0.15, 0.2) is 0 Å². The molecule has 1 saturated heterocycles. The molecule has 1 aromatic carbocycles. The minimum absolute atomic E-state index is 0.0607. The topological polar surface area (TPSA) is 38.3 Å². The zero-order chi connectivity index (χ0) is 13.1. The number of carbonyl (C=O) groups is 1. The average molecular weight is 268 g/mol. The van der Waals surface area contributed by atoms with Crippen molar-refractivity contribution >= 4 is 17.5 Å². The van der Waals surface area contributed by atoms with Gasteiger partial charge in [-0.2, -0.15) is 0 Å². The number of ether oxygens (including phenoxy) is 1. The van der Waals surface area contributed by atoms with Crippen LogP contribution >= 0.6 is 11.6 Å². The zero-order valence-electron chi connectivity index (χ0n) is 10.7. The van der Waals surface area contributed by atoms with E-state index in [9.17, 15) is 4.79 Å². The average Bonchev–Trinajstić information content (AvgIpc) is 2.86. The van der Waals surface area contributed by atoms with Crippen LogP contribution in [0.1, 0.15) is 29.3 Å². The Kier molecular flexibility index (Phi) is 4.25. The van der Waals surface area contributed by atoms with Crippen molar-refractivity contribution in [3.63, 3.8) is 0 Å². The van der Waals surface area contributed by atoms with Crippen LogP contribution in [0.5, 0.6) is 0 Å². The second-order valence-electron chi connectivity index (χ2n) is 4.80. The fraction of sp³-hybridized carbons (Fsp3) is 0.500. The molecule has 1 fully saturated rings. The predicted molar refractivity (Wildman–Crippen MR) is 72.0 cm³/mol. The van der Waals surface area contributed by atoms with Crippen molar-refractivity contribution in [2.45, 2.75) is 26.3 Å². The number of hydrogen-bond donors (Lipinski definition) is 1. The molecule has 3 nitrogen and oxygen atoms in total. The normalized spacial score (nSPS) is 20.7. The largest absolute Gasteiger partial charge is 0.381 e. The SMILES string of the molecule is Cc1c(Cl)cccc1C(=O)N[C@H](C)[C@H]1CCOC1. The van der Waals surface area contributed by atoms with Gasteiger partial charge in [-0.3, -0.25) is 4.79 Å². The maximum Gasteiger partial charge on any atom is 0.251 e. The van der Waals surface area contributed by atoms with E-state index in [1.807, 2.05) is 13.8 Å². The van der Waals surface area contributed by atoms with Crippen molar-refractivity contribution < 1.29 is 9.53 Å². The summed E-state index contributed by atoms with van der Waals surface area (Å²) in [5, 5.41) is 3.65. The van der Waals surface area contributed by atoms with Gasteiger partial charge in [0.25, 0.3) is 5.91 Å². The van der Waals surface area contributed by atoms with Crippen LogP contribution in [0, 0.1) is 12.8 Å². The highest BCUT2D eigenvalue weighted by Crippen LogP contribution is 2.20. The fourth-order valence-electron chi connectivity index (χ4n) is 2.20. The van der Waals surface area contributed by atoms with Crippen LogP contribution in [-0.4, -0.2) is 25.2 Å². The molecule has 18 heavy (non-hydrogen) atoms. The Morgan fingerprint density at radius 1 is 1.56 bits per heavy atom. The van der Waals surface area contributed by atoms with Gasteiger partial charge in [-0.25, -0.2) is 0 Å². The Morgan fingerprint density at radius 3 is 3.00 bits per heavy atom. The molecular formula is C14H18ClNO2. The van der Waals surface area contributed by atoms with E-state index in [1.165, 1.54) is 0 Å². The van der Waals surface area contributed by atoms with Gasteiger partial charge in [-0.05, 0) is 38.0 Å². The maximum absolute atomic E-state index is 12.2. The summed E-state index contributed by atoms with van der Waals surface area (Å²) in [7, 11) is 0. The van der Waals surface area contributed by atoms with Crippen molar-refractivity contribution in [1.29, 1.82) is 0 Å². The van der Waals surface area contributed by atoms with Gasteiger partial charge in [-0.1, -0.05) is 17.7 Å². The second-order valence-corrected chi connectivity index (χ2v) is 5.21. The van der Waals surface area contributed by atoms with Crippen molar-refractivity contribution in [3.8, 4) is 0 Å². The van der Waals surface area contributed by atoms with Gasteiger partial charge in [0.1, 0.15) is 0 Å². The standard InChI is InChI=1S/C14H18ClNO2/c1-9-12(4-3-5-13(9)15)14(17)16-10(2)11-6-7-18-8-11/h3-5,10-11H,6-8H2,1-2H3,(H,16,17)/t10-,11+/m1/s1. The Hall–Kier alpha value is -1.06. The molecule has 0 unspecified atom stereocenters. The number of halogens is 1.